The molecule has 0 aliphatic carbocycles. The Morgan fingerprint density at radius 3 is 2.16 bits per heavy atom. The number of aryl methyl sites for hydroxylation is 2. The van der Waals surface area contributed by atoms with Gasteiger partial charge in [-0.1, -0.05) is 40.9 Å². The van der Waals surface area contributed by atoms with Crippen LogP contribution >= 0.6 is 23.2 Å². The molecule has 25 heavy (non-hydrogen) atoms. The zero-order valence-corrected chi connectivity index (χ0v) is 15.3. The molecule has 128 valence electrons. The maximum Gasteiger partial charge on any atom is 0.159 e. The molecule has 4 N–H and O–H groups in total. The molecule has 0 aliphatic rings. The van der Waals surface area contributed by atoms with Gasteiger partial charge >= 0.3 is 0 Å². The predicted molar refractivity (Wildman–Crippen MR) is 105 cm³/mol. The number of hydrogen-bond donors (Lipinski definition) is 3. The van der Waals surface area contributed by atoms with Gasteiger partial charge in [0.15, 0.2) is 11.6 Å². The van der Waals surface area contributed by atoms with Crippen LogP contribution in [0.4, 0.5) is 28.7 Å². The predicted octanol–water partition coefficient (Wildman–Crippen LogP) is 5.47. The molecule has 0 fully saturated rings. The van der Waals surface area contributed by atoms with E-state index in [2.05, 4.69) is 26.7 Å². The number of hydrogen-bond acceptors (Lipinski definition) is 5. The molecule has 0 amide bonds. The fourth-order valence-electron chi connectivity index (χ4n) is 2.39. The number of benzene rings is 2. The molecule has 7 heteroatoms. The molecule has 0 atom stereocenters. The molecule has 0 unspecified atom stereocenters. The SMILES string of the molecule is Cc1ccc(Nc2ncnc(Nc3ccc(Cl)cc3Cl)c2N)c(C)c1. The number of anilines is 5. The van der Waals surface area contributed by atoms with E-state index in [1.54, 1.807) is 18.2 Å². The van der Waals surface area contributed by atoms with Gasteiger partial charge in [-0.25, -0.2) is 9.97 Å². The van der Waals surface area contributed by atoms with Crippen molar-refractivity contribution in [1.29, 1.82) is 0 Å². The van der Waals surface area contributed by atoms with E-state index in [9.17, 15) is 0 Å². The highest BCUT2D eigenvalue weighted by Crippen LogP contribution is 2.32. The third kappa shape index (κ3) is 3.95. The Bertz CT molecular complexity index is 856. The number of nitrogens with zero attached hydrogens (tertiary/aromatic N) is 2. The van der Waals surface area contributed by atoms with Crippen LogP contribution in [0.2, 0.25) is 10.0 Å². The molecule has 5 nitrogen and oxygen atoms in total. The standard InChI is InChI=1S/C18H17Cl2N5/c1-10-3-5-14(11(2)7-10)24-17-16(21)18(23-9-22-17)25-15-6-4-12(19)8-13(15)20/h3-9H,21H2,1-2H3,(H2,22,23,24,25). The topological polar surface area (TPSA) is 75.9 Å². The van der Waals surface area contributed by atoms with Crippen molar-refractivity contribution in [3.8, 4) is 0 Å². The fourth-order valence-corrected chi connectivity index (χ4v) is 2.85. The van der Waals surface area contributed by atoms with Crippen molar-refractivity contribution < 1.29 is 0 Å². The molecule has 0 aliphatic heterocycles. The van der Waals surface area contributed by atoms with Crippen molar-refractivity contribution in [2.45, 2.75) is 13.8 Å². The van der Waals surface area contributed by atoms with Crippen LogP contribution in [0.25, 0.3) is 0 Å². The van der Waals surface area contributed by atoms with Gasteiger partial charge < -0.3 is 16.4 Å². The minimum Gasteiger partial charge on any atom is -0.393 e. The zero-order valence-electron chi connectivity index (χ0n) is 13.8. The summed E-state index contributed by atoms with van der Waals surface area (Å²) in [6.45, 7) is 4.08. The van der Waals surface area contributed by atoms with Crippen molar-refractivity contribution in [3.05, 3.63) is 63.9 Å². The first-order valence-electron chi connectivity index (χ1n) is 7.61. The van der Waals surface area contributed by atoms with Crippen molar-refractivity contribution in [2.75, 3.05) is 16.4 Å². The second-order valence-corrected chi connectivity index (χ2v) is 6.52. The molecule has 1 heterocycles. The van der Waals surface area contributed by atoms with Gasteiger partial charge in [-0.3, -0.25) is 0 Å². The Labute approximate surface area is 156 Å². The first-order chi connectivity index (χ1) is 11.9. The Morgan fingerprint density at radius 2 is 1.52 bits per heavy atom. The lowest BCUT2D eigenvalue weighted by Crippen LogP contribution is -2.06. The van der Waals surface area contributed by atoms with E-state index in [1.807, 2.05) is 26.0 Å². The highest BCUT2D eigenvalue weighted by atomic mass is 35.5. The molecule has 0 saturated carbocycles. The highest BCUT2D eigenvalue weighted by Gasteiger charge is 2.11. The summed E-state index contributed by atoms with van der Waals surface area (Å²) in [6, 6.07) is 11.3. The molecule has 3 aromatic rings. The number of nitrogens with two attached hydrogens (primary N) is 1. The molecule has 2 aromatic carbocycles. The van der Waals surface area contributed by atoms with Crippen LogP contribution < -0.4 is 16.4 Å². The van der Waals surface area contributed by atoms with E-state index >= 15 is 0 Å². The van der Waals surface area contributed by atoms with Gasteiger partial charge in [-0.2, -0.15) is 0 Å². The lowest BCUT2D eigenvalue weighted by Gasteiger charge is -2.14. The average molecular weight is 374 g/mol. The summed E-state index contributed by atoms with van der Waals surface area (Å²) < 4.78 is 0. The third-order valence-electron chi connectivity index (χ3n) is 3.70. The second-order valence-electron chi connectivity index (χ2n) is 5.68. The summed E-state index contributed by atoms with van der Waals surface area (Å²) in [7, 11) is 0. The van der Waals surface area contributed by atoms with E-state index in [1.165, 1.54) is 11.9 Å². The molecular weight excluding hydrogens is 357 g/mol. The molecule has 0 radical (unpaired) electrons. The van der Waals surface area contributed by atoms with Crippen LogP contribution in [0.15, 0.2) is 42.7 Å². The van der Waals surface area contributed by atoms with Crippen molar-refractivity contribution in [3.63, 3.8) is 0 Å². The Hall–Kier alpha value is -2.50. The number of halogens is 2. The van der Waals surface area contributed by atoms with E-state index in [4.69, 9.17) is 28.9 Å². The van der Waals surface area contributed by atoms with Gasteiger partial charge in [0.05, 0.1) is 10.7 Å². The molecule has 1 aromatic heterocycles. The molecule has 0 saturated heterocycles. The van der Waals surface area contributed by atoms with Crippen LogP contribution in [0, 0.1) is 13.8 Å². The smallest absolute Gasteiger partial charge is 0.159 e. The van der Waals surface area contributed by atoms with Crippen LogP contribution in [0.1, 0.15) is 11.1 Å². The molecular formula is C18H17Cl2N5. The zero-order chi connectivity index (χ0) is 18.0. The quantitative estimate of drug-likeness (QED) is 0.565. The molecule has 0 spiro atoms. The van der Waals surface area contributed by atoms with Gasteiger partial charge in [0.2, 0.25) is 0 Å². The van der Waals surface area contributed by atoms with Crippen LogP contribution in [-0.4, -0.2) is 9.97 Å². The van der Waals surface area contributed by atoms with Crippen LogP contribution in [0.3, 0.4) is 0 Å². The summed E-state index contributed by atoms with van der Waals surface area (Å²) in [5.74, 6) is 0.987. The summed E-state index contributed by atoms with van der Waals surface area (Å²) >= 11 is 12.1. The average Bonchev–Trinajstić information content (AvgIpc) is 2.56. The Balaban J connectivity index is 1.89. The van der Waals surface area contributed by atoms with Gasteiger partial charge in [0.25, 0.3) is 0 Å². The summed E-state index contributed by atoms with van der Waals surface area (Å²) in [5, 5.41) is 7.40. The van der Waals surface area contributed by atoms with Gasteiger partial charge in [0.1, 0.15) is 12.0 Å². The number of rotatable bonds is 4. The van der Waals surface area contributed by atoms with E-state index in [0.717, 1.165) is 11.3 Å². The monoisotopic (exact) mass is 373 g/mol. The van der Waals surface area contributed by atoms with E-state index in [0.29, 0.717) is 33.1 Å². The lowest BCUT2D eigenvalue weighted by atomic mass is 10.1. The summed E-state index contributed by atoms with van der Waals surface area (Å²) in [5.41, 5.74) is 10.5. The number of nitrogen functional groups attached to an aromatic ring is 1. The molecule has 3 rings (SSSR count). The van der Waals surface area contributed by atoms with Crippen molar-refractivity contribution in [1.82, 2.24) is 9.97 Å². The molecule has 0 bridgehead atoms. The number of nitrogens with one attached hydrogen (secondary N) is 2. The van der Waals surface area contributed by atoms with Gasteiger partial charge in [-0.05, 0) is 43.7 Å². The number of aromatic nitrogens is 2. The first kappa shape index (κ1) is 17.3. The van der Waals surface area contributed by atoms with Gasteiger partial charge in [-0.15, -0.1) is 0 Å². The lowest BCUT2D eigenvalue weighted by molar-refractivity contribution is 1.17. The van der Waals surface area contributed by atoms with Gasteiger partial charge in [0, 0.05) is 10.7 Å². The summed E-state index contributed by atoms with van der Waals surface area (Å²) in [6.07, 6.45) is 1.44. The van der Waals surface area contributed by atoms with Crippen molar-refractivity contribution in [2.24, 2.45) is 0 Å². The maximum absolute atomic E-state index is 6.22. The highest BCUT2D eigenvalue weighted by molar-refractivity contribution is 6.36. The maximum atomic E-state index is 6.22. The first-order valence-corrected chi connectivity index (χ1v) is 8.36. The largest absolute Gasteiger partial charge is 0.393 e. The Morgan fingerprint density at radius 1 is 0.880 bits per heavy atom. The van der Waals surface area contributed by atoms with Crippen molar-refractivity contribution >= 4 is 51.9 Å². The minimum absolute atomic E-state index is 0.397. The Kier molecular flexibility index (Phi) is 4.97. The fraction of sp³-hybridized carbons (Fsp3) is 0.111. The van der Waals surface area contributed by atoms with E-state index < -0.39 is 0 Å². The summed E-state index contributed by atoms with van der Waals surface area (Å²) in [4.78, 5) is 8.43. The normalized spacial score (nSPS) is 10.6. The second kappa shape index (κ2) is 7.17. The van der Waals surface area contributed by atoms with Crippen LogP contribution in [0.5, 0.6) is 0 Å². The van der Waals surface area contributed by atoms with Crippen LogP contribution in [-0.2, 0) is 0 Å². The third-order valence-corrected chi connectivity index (χ3v) is 4.25. The minimum atomic E-state index is 0.397. The van der Waals surface area contributed by atoms with E-state index in [-0.39, 0.29) is 0 Å².